The van der Waals surface area contributed by atoms with E-state index in [2.05, 4.69) is 10.2 Å². The van der Waals surface area contributed by atoms with Gasteiger partial charge in [-0.3, -0.25) is 0 Å². The van der Waals surface area contributed by atoms with Crippen molar-refractivity contribution in [3.8, 4) is 11.6 Å². The summed E-state index contributed by atoms with van der Waals surface area (Å²) in [5.41, 5.74) is 1.30. The summed E-state index contributed by atoms with van der Waals surface area (Å²) < 4.78 is 31.6. The Morgan fingerprint density at radius 2 is 1.83 bits per heavy atom. The number of benzene rings is 1. The summed E-state index contributed by atoms with van der Waals surface area (Å²) in [6.45, 7) is 3.45. The van der Waals surface area contributed by atoms with Gasteiger partial charge in [0, 0.05) is 11.6 Å². The Balaban J connectivity index is 2.40. The van der Waals surface area contributed by atoms with Gasteiger partial charge in [0.15, 0.2) is 16.7 Å². The summed E-state index contributed by atoms with van der Waals surface area (Å²) in [5.74, 6) is -1.41. The van der Waals surface area contributed by atoms with Crippen LogP contribution < -0.4 is 4.74 Å². The van der Waals surface area contributed by atoms with Gasteiger partial charge in [-0.1, -0.05) is 11.6 Å². The lowest BCUT2D eigenvalue weighted by Crippen LogP contribution is -1.99. The molecule has 0 aliphatic carbocycles. The predicted molar refractivity (Wildman–Crippen MR) is 62.9 cm³/mol. The molecule has 94 valence electrons. The first-order valence-corrected chi connectivity index (χ1v) is 5.49. The van der Waals surface area contributed by atoms with Crippen LogP contribution in [0.5, 0.6) is 11.6 Å². The van der Waals surface area contributed by atoms with Gasteiger partial charge in [-0.2, -0.15) is 0 Å². The third kappa shape index (κ3) is 2.41. The van der Waals surface area contributed by atoms with Crippen molar-refractivity contribution in [3.63, 3.8) is 0 Å². The molecular weight excluding hydrogens is 262 g/mol. The average molecular weight is 271 g/mol. The first-order valence-electron chi connectivity index (χ1n) is 5.11. The van der Waals surface area contributed by atoms with Gasteiger partial charge < -0.3 is 4.74 Å². The highest BCUT2D eigenvalue weighted by Gasteiger charge is 2.13. The summed E-state index contributed by atoms with van der Waals surface area (Å²) in [4.78, 5) is 0. The molecule has 0 N–H and O–H groups in total. The number of ether oxygens (including phenoxy) is 1. The van der Waals surface area contributed by atoms with Gasteiger partial charge in [0.2, 0.25) is 5.88 Å². The van der Waals surface area contributed by atoms with Crippen molar-refractivity contribution < 1.29 is 13.5 Å². The van der Waals surface area contributed by atoms with Crippen LogP contribution in [0.4, 0.5) is 8.78 Å². The zero-order chi connectivity index (χ0) is 13.3. The molecule has 1 heterocycles. The van der Waals surface area contributed by atoms with Crippen LogP contribution in [0.1, 0.15) is 11.1 Å². The molecule has 1 aromatic carbocycles. The van der Waals surface area contributed by atoms with Crippen LogP contribution in [0.3, 0.4) is 0 Å². The maximum absolute atomic E-state index is 13.4. The zero-order valence-corrected chi connectivity index (χ0v) is 10.4. The van der Waals surface area contributed by atoms with E-state index in [1.54, 1.807) is 13.8 Å². The van der Waals surface area contributed by atoms with E-state index in [-0.39, 0.29) is 16.8 Å². The number of hydrogen-bond acceptors (Lipinski definition) is 3. The minimum absolute atomic E-state index is 0.0985. The maximum Gasteiger partial charge on any atom is 0.242 e. The first kappa shape index (κ1) is 12.7. The Bertz CT molecular complexity index is 605. The van der Waals surface area contributed by atoms with Gasteiger partial charge in [0.25, 0.3) is 0 Å². The first-order chi connectivity index (χ1) is 8.49. The zero-order valence-electron chi connectivity index (χ0n) is 9.67. The van der Waals surface area contributed by atoms with Crippen molar-refractivity contribution in [1.29, 1.82) is 0 Å². The molecule has 0 fully saturated rings. The molecular formula is C12H9ClF2N2O. The van der Waals surface area contributed by atoms with E-state index in [1.165, 1.54) is 0 Å². The van der Waals surface area contributed by atoms with Crippen molar-refractivity contribution in [2.75, 3.05) is 0 Å². The molecule has 0 unspecified atom stereocenters. The van der Waals surface area contributed by atoms with E-state index in [1.807, 2.05) is 0 Å². The summed E-state index contributed by atoms with van der Waals surface area (Å²) in [5, 5.41) is 7.62. The van der Waals surface area contributed by atoms with E-state index >= 15 is 0 Å². The Morgan fingerprint density at radius 1 is 1.11 bits per heavy atom. The molecule has 0 aliphatic rings. The number of aromatic nitrogens is 2. The molecule has 0 amide bonds. The fourth-order valence-electron chi connectivity index (χ4n) is 1.31. The molecule has 0 bridgehead atoms. The second kappa shape index (κ2) is 4.86. The Morgan fingerprint density at radius 3 is 2.56 bits per heavy atom. The van der Waals surface area contributed by atoms with E-state index in [4.69, 9.17) is 16.3 Å². The molecule has 0 atom stereocenters. The number of halogens is 3. The fraction of sp³-hybridized carbons (Fsp3) is 0.167. The van der Waals surface area contributed by atoms with Gasteiger partial charge in [-0.05, 0) is 31.5 Å². The molecule has 0 aliphatic heterocycles. The molecule has 0 saturated carbocycles. The Kier molecular flexibility index (Phi) is 3.43. The third-order valence-electron chi connectivity index (χ3n) is 2.52. The van der Waals surface area contributed by atoms with Crippen LogP contribution in [0.15, 0.2) is 18.2 Å². The SMILES string of the molecule is Cc1c(Cl)nnc(Oc2cc(F)ccc2F)c1C. The number of rotatable bonds is 2. The van der Waals surface area contributed by atoms with E-state index in [0.29, 0.717) is 11.1 Å². The molecule has 18 heavy (non-hydrogen) atoms. The minimum Gasteiger partial charge on any atom is -0.434 e. The lowest BCUT2D eigenvalue weighted by molar-refractivity contribution is 0.413. The maximum atomic E-state index is 13.4. The molecule has 3 nitrogen and oxygen atoms in total. The average Bonchev–Trinajstić information content (AvgIpc) is 2.34. The Labute approximate surface area is 107 Å². The van der Waals surface area contributed by atoms with Crippen LogP contribution in [0, 0.1) is 25.5 Å². The normalized spacial score (nSPS) is 10.5. The van der Waals surface area contributed by atoms with Crippen LogP contribution in [-0.2, 0) is 0 Å². The second-order valence-electron chi connectivity index (χ2n) is 3.72. The van der Waals surface area contributed by atoms with Crippen LogP contribution in [0.2, 0.25) is 5.15 Å². The highest BCUT2D eigenvalue weighted by atomic mass is 35.5. The fourth-order valence-corrected chi connectivity index (χ4v) is 1.49. The highest BCUT2D eigenvalue weighted by molar-refractivity contribution is 6.30. The summed E-state index contributed by atoms with van der Waals surface area (Å²) in [6.07, 6.45) is 0. The van der Waals surface area contributed by atoms with Crippen molar-refractivity contribution in [3.05, 3.63) is 46.1 Å². The van der Waals surface area contributed by atoms with Crippen LogP contribution in [0.25, 0.3) is 0 Å². The van der Waals surface area contributed by atoms with Crippen molar-refractivity contribution >= 4 is 11.6 Å². The molecule has 2 rings (SSSR count). The largest absolute Gasteiger partial charge is 0.434 e. The monoisotopic (exact) mass is 270 g/mol. The van der Waals surface area contributed by atoms with E-state index < -0.39 is 11.6 Å². The summed E-state index contributed by atoms with van der Waals surface area (Å²) in [6, 6.07) is 2.93. The Hall–Kier alpha value is -1.75. The van der Waals surface area contributed by atoms with Crippen molar-refractivity contribution in [2.24, 2.45) is 0 Å². The molecule has 0 saturated heterocycles. The molecule has 0 spiro atoms. The van der Waals surface area contributed by atoms with Crippen LogP contribution >= 0.6 is 11.6 Å². The highest BCUT2D eigenvalue weighted by Crippen LogP contribution is 2.28. The van der Waals surface area contributed by atoms with Gasteiger partial charge in [0.05, 0.1) is 0 Å². The molecule has 1 aromatic heterocycles. The van der Waals surface area contributed by atoms with Gasteiger partial charge >= 0.3 is 0 Å². The molecule has 0 radical (unpaired) electrons. The molecule has 6 heteroatoms. The summed E-state index contributed by atoms with van der Waals surface area (Å²) >= 11 is 5.78. The van der Waals surface area contributed by atoms with Gasteiger partial charge in [-0.25, -0.2) is 8.78 Å². The van der Waals surface area contributed by atoms with Crippen molar-refractivity contribution in [2.45, 2.75) is 13.8 Å². The summed E-state index contributed by atoms with van der Waals surface area (Å²) in [7, 11) is 0. The van der Waals surface area contributed by atoms with E-state index in [9.17, 15) is 8.78 Å². The van der Waals surface area contributed by atoms with Crippen molar-refractivity contribution in [1.82, 2.24) is 10.2 Å². The van der Waals surface area contributed by atoms with E-state index in [0.717, 1.165) is 18.2 Å². The second-order valence-corrected chi connectivity index (χ2v) is 4.08. The quantitative estimate of drug-likeness (QED) is 0.832. The van der Waals surface area contributed by atoms with Gasteiger partial charge in [-0.15, -0.1) is 10.2 Å². The van der Waals surface area contributed by atoms with Crippen LogP contribution in [-0.4, -0.2) is 10.2 Å². The lowest BCUT2D eigenvalue weighted by atomic mass is 10.2. The topological polar surface area (TPSA) is 35.0 Å². The predicted octanol–water partition coefficient (Wildman–Crippen LogP) is 3.82. The molecule has 2 aromatic rings. The minimum atomic E-state index is -0.676. The smallest absolute Gasteiger partial charge is 0.242 e. The lowest BCUT2D eigenvalue weighted by Gasteiger charge is -2.09. The standard InChI is InChI=1S/C12H9ClF2N2O/c1-6-7(2)12(17-16-11(6)13)18-10-5-8(14)3-4-9(10)15/h3-5H,1-2H3. The third-order valence-corrected chi connectivity index (χ3v) is 2.88. The number of nitrogens with zero attached hydrogens (tertiary/aromatic N) is 2. The van der Waals surface area contributed by atoms with Gasteiger partial charge in [0.1, 0.15) is 5.82 Å². The number of hydrogen-bond donors (Lipinski definition) is 0.